The van der Waals surface area contributed by atoms with Gasteiger partial charge in [-0.25, -0.2) is 4.98 Å². The number of nitro benzene ring substituents is 1. The SMILES string of the molecule is O=[N+]([O-])c1ccc(-c2cn3c(=S)ncc(-c4ccc(Br)cc4)c3[nH]2)cc1. The number of non-ortho nitro benzene ring substituents is 1. The first kappa shape index (κ1) is 16.6. The molecule has 128 valence electrons. The van der Waals surface area contributed by atoms with E-state index in [9.17, 15) is 10.1 Å². The molecule has 4 rings (SSSR count). The Morgan fingerprint density at radius 3 is 2.38 bits per heavy atom. The minimum atomic E-state index is -0.416. The van der Waals surface area contributed by atoms with E-state index in [1.807, 2.05) is 34.9 Å². The molecule has 0 amide bonds. The Morgan fingerprint density at radius 1 is 1.08 bits per heavy atom. The first-order valence-corrected chi connectivity index (χ1v) is 8.84. The second-order valence-electron chi connectivity index (χ2n) is 5.65. The van der Waals surface area contributed by atoms with Crippen LogP contribution in [0.2, 0.25) is 0 Å². The van der Waals surface area contributed by atoms with Crippen molar-refractivity contribution in [1.82, 2.24) is 14.4 Å². The van der Waals surface area contributed by atoms with Gasteiger partial charge in [0.15, 0.2) is 0 Å². The van der Waals surface area contributed by atoms with Gasteiger partial charge < -0.3 is 4.98 Å². The number of aromatic nitrogens is 3. The quantitative estimate of drug-likeness (QED) is 0.270. The smallest absolute Gasteiger partial charge is 0.269 e. The van der Waals surface area contributed by atoms with Crippen molar-refractivity contribution in [3.63, 3.8) is 0 Å². The van der Waals surface area contributed by atoms with Crippen molar-refractivity contribution in [1.29, 1.82) is 0 Å². The molecule has 8 heteroatoms. The van der Waals surface area contributed by atoms with E-state index in [0.717, 1.165) is 32.5 Å². The average Bonchev–Trinajstić information content (AvgIpc) is 3.09. The molecule has 6 nitrogen and oxygen atoms in total. The highest BCUT2D eigenvalue weighted by Gasteiger charge is 2.11. The van der Waals surface area contributed by atoms with Crippen molar-refractivity contribution < 1.29 is 4.92 Å². The number of hydrogen-bond donors (Lipinski definition) is 1. The minimum Gasteiger partial charge on any atom is -0.339 e. The van der Waals surface area contributed by atoms with E-state index in [1.54, 1.807) is 18.3 Å². The van der Waals surface area contributed by atoms with E-state index in [4.69, 9.17) is 12.2 Å². The molecule has 2 heterocycles. The van der Waals surface area contributed by atoms with Crippen LogP contribution in [0.25, 0.3) is 28.0 Å². The molecule has 0 saturated heterocycles. The van der Waals surface area contributed by atoms with Gasteiger partial charge >= 0.3 is 0 Å². The number of rotatable bonds is 3. The molecule has 0 radical (unpaired) electrons. The van der Waals surface area contributed by atoms with Gasteiger partial charge in [-0.05, 0) is 47.6 Å². The van der Waals surface area contributed by atoms with Crippen LogP contribution in [0.5, 0.6) is 0 Å². The van der Waals surface area contributed by atoms with Crippen LogP contribution >= 0.6 is 28.1 Å². The number of nitrogens with one attached hydrogen (secondary N) is 1. The van der Waals surface area contributed by atoms with Crippen LogP contribution < -0.4 is 0 Å². The first-order valence-electron chi connectivity index (χ1n) is 7.64. The van der Waals surface area contributed by atoms with Gasteiger partial charge in [0.05, 0.1) is 10.6 Å². The molecule has 26 heavy (non-hydrogen) atoms. The third kappa shape index (κ3) is 2.93. The predicted octanol–water partition coefficient (Wildman–Crippen LogP) is 5.40. The summed E-state index contributed by atoms with van der Waals surface area (Å²) in [5.41, 5.74) is 4.43. The van der Waals surface area contributed by atoms with E-state index in [2.05, 4.69) is 25.9 Å². The first-order chi connectivity index (χ1) is 12.5. The molecule has 0 aliphatic heterocycles. The lowest BCUT2D eigenvalue weighted by Gasteiger charge is -2.04. The number of imidazole rings is 1. The fraction of sp³-hybridized carbons (Fsp3) is 0. The molecule has 0 atom stereocenters. The maximum atomic E-state index is 10.8. The molecule has 4 aromatic rings. The summed E-state index contributed by atoms with van der Waals surface area (Å²) in [7, 11) is 0. The number of fused-ring (bicyclic) bond motifs is 1. The summed E-state index contributed by atoms with van der Waals surface area (Å²) in [5.74, 6) is 0. The van der Waals surface area contributed by atoms with Crippen LogP contribution in [0.15, 0.2) is 65.4 Å². The fourth-order valence-corrected chi connectivity index (χ4v) is 3.22. The van der Waals surface area contributed by atoms with Crippen molar-refractivity contribution in [2.45, 2.75) is 0 Å². The van der Waals surface area contributed by atoms with E-state index in [1.165, 1.54) is 12.1 Å². The minimum absolute atomic E-state index is 0.0543. The largest absolute Gasteiger partial charge is 0.339 e. The van der Waals surface area contributed by atoms with Gasteiger partial charge in [-0.2, -0.15) is 0 Å². The van der Waals surface area contributed by atoms with Gasteiger partial charge in [-0.1, -0.05) is 28.1 Å². The Balaban J connectivity index is 1.87. The molecule has 0 spiro atoms. The third-order valence-electron chi connectivity index (χ3n) is 4.06. The number of aromatic amines is 1. The number of nitrogens with zero attached hydrogens (tertiary/aromatic N) is 3. The Hall–Kier alpha value is -2.84. The van der Waals surface area contributed by atoms with Crippen molar-refractivity contribution in [2.75, 3.05) is 0 Å². The van der Waals surface area contributed by atoms with Gasteiger partial charge in [0.25, 0.3) is 5.69 Å². The van der Waals surface area contributed by atoms with E-state index in [0.29, 0.717) is 4.77 Å². The summed E-state index contributed by atoms with van der Waals surface area (Å²) in [6.45, 7) is 0. The standard InChI is InChI=1S/C18H11BrN4O2S/c19-13-5-1-11(2-6-13)15-9-20-18(26)22-10-16(21-17(15)22)12-3-7-14(8-4-12)23(24)25/h1-10,21H. The molecule has 0 fully saturated rings. The average molecular weight is 427 g/mol. The summed E-state index contributed by atoms with van der Waals surface area (Å²) in [5, 5.41) is 10.8. The van der Waals surface area contributed by atoms with Crippen molar-refractivity contribution >= 4 is 39.5 Å². The Kier molecular flexibility index (Phi) is 4.14. The van der Waals surface area contributed by atoms with Gasteiger partial charge in [-0.15, -0.1) is 0 Å². The molecule has 0 saturated carbocycles. The normalized spacial score (nSPS) is 11.0. The Bertz CT molecular complexity index is 1180. The highest BCUT2D eigenvalue weighted by molar-refractivity contribution is 9.10. The Labute approximate surface area is 161 Å². The van der Waals surface area contributed by atoms with E-state index in [-0.39, 0.29) is 5.69 Å². The zero-order chi connectivity index (χ0) is 18.3. The lowest BCUT2D eigenvalue weighted by Crippen LogP contribution is -1.92. The maximum absolute atomic E-state index is 10.8. The summed E-state index contributed by atoms with van der Waals surface area (Å²) in [6.07, 6.45) is 3.60. The van der Waals surface area contributed by atoms with Crippen LogP contribution in [0.4, 0.5) is 5.69 Å². The third-order valence-corrected chi connectivity index (χ3v) is 4.89. The highest BCUT2D eigenvalue weighted by Crippen LogP contribution is 2.28. The number of halogens is 1. The van der Waals surface area contributed by atoms with Gasteiger partial charge in [-0.3, -0.25) is 14.5 Å². The highest BCUT2D eigenvalue weighted by atomic mass is 79.9. The lowest BCUT2D eigenvalue weighted by molar-refractivity contribution is -0.384. The van der Waals surface area contributed by atoms with Crippen LogP contribution in [0.1, 0.15) is 0 Å². The molecule has 0 aliphatic carbocycles. The number of H-pyrrole nitrogens is 1. The second kappa shape index (κ2) is 6.47. The predicted molar refractivity (Wildman–Crippen MR) is 106 cm³/mol. The second-order valence-corrected chi connectivity index (χ2v) is 6.93. The zero-order valence-corrected chi connectivity index (χ0v) is 15.6. The molecule has 0 aliphatic rings. The molecule has 0 bridgehead atoms. The molecule has 0 unspecified atom stereocenters. The van der Waals surface area contributed by atoms with Gasteiger partial charge in [0, 0.05) is 34.6 Å². The lowest BCUT2D eigenvalue weighted by atomic mass is 10.1. The topological polar surface area (TPSA) is 76.2 Å². The van der Waals surface area contributed by atoms with Crippen LogP contribution in [0, 0.1) is 14.9 Å². The van der Waals surface area contributed by atoms with Gasteiger partial charge in [0.2, 0.25) is 4.77 Å². The molecule has 2 aromatic heterocycles. The van der Waals surface area contributed by atoms with E-state index >= 15 is 0 Å². The zero-order valence-electron chi connectivity index (χ0n) is 13.2. The fourth-order valence-electron chi connectivity index (χ4n) is 2.75. The van der Waals surface area contributed by atoms with Crippen molar-refractivity contribution in [3.8, 4) is 22.4 Å². The number of hydrogen-bond acceptors (Lipinski definition) is 4. The van der Waals surface area contributed by atoms with Crippen LogP contribution in [0.3, 0.4) is 0 Å². The van der Waals surface area contributed by atoms with Crippen LogP contribution in [-0.4, -0.2) is 19.3 Å². The summed E-state index contributed by atoms with van der Waals surface area (Å²) >= 11 is 8.77. The van der Waals surface area contributed by atoms with Crippen molar-refractivity contribution in [2.24, 2.45) is 0 Å². The maximum Gasteiger partial charge on any atom is 0.269 e. The summed E-state index contributed by atoms with van der Waals surface area (Å²) in [4.78, 5) is 18.1. The summed E-state index contributed by atoms with van der Waals surface area (Å²) < 4.78 is 3.24. The van der Waals surface area contributed by atoms with Gasteiger partial charge in [0.1, 0.15) is 5.65 Å². The number of nitro groups is 1. The van der Waals surface area contributed by atoms with Crippen molar-refractivity contribution in [3.05, 3.63) is 80.3 Å². The molecular formula is C18H11BrN4O2S. The number of benzene rings is 2. The Morgan fingerprint density at radius 2 is 1.73 bits per heavy atom. The molecule has 1 N–H and O–H groups in total. The van der Waals surface area contributed by atoms with Crippen LogP contribution in [-0.2, 0) is 0 Å². The summed E-state index contributed by atoms with van der Waals surface area (Å²) in [6, 6.07) is 14.3. The van der Waals surface area contributed by atoms with E-state index < -0.39 is 4.92 Å². The molecule has 2 aromatic carbocycles. The molecular weight excluding hydrogens is 416 g/mol. The monoisotopic (exact) mass is 426 g/mol.